The highest BCUT2D eigenvalue weighted by atomic mass is 35.7. The summed E-state index contributed by atoms with van der Waals surface area (Å²) in [5.41, 5.74) is 0.462. The van der Waals surface area contributed by atoms with Gasteiger partial charge in [-0.3, -0.25) is 0 Å². The summed E-state index contributed by atoms with van der Waals surface area (Å²) in [6, 6.07) is 10.0. The molecule has 0 aliphatic carbocycles. The van der Waals surface area contributed by atoms with Crippen LogP contribution >= 0.6 is 10.7 Å². The van der Waals surface area contributed by atoms with Gasteiger partial charge in [0.25, 0.3) is 9.05 Å². The second kappa shape index (κ2) is 5.19. The molecule has 0 atom stereocenters. The van der Waals surface area contributed by atoms with E-state index in [4.69, 9.17) is 15.4 Å². The van der Waals surface area contributed by atoms with Gasteiger partial charge in [-0.05, 0) is 42.8 Å². The molecular weight excluding hydrogens is 291 g/mol. The van der Waals surface area contributed by atoms with Crippen molar-refractivity contribution in [3.8, 4) is 11.5 Å². The Kier molecular flexibility index (Phi) is 3.78. The molecule has 2 aromatic rings. The minimum Gasteiger partial charge on any atom is -0.457 e. The third kappa shape index (κ3) is 3.45. The van der Waals surface area contributed by atoms with E-state index in [-0.39, 0.29) is 4.90 Å². The van der Waals surface area contributed by atoms with Crippen LogP contribution in [0.3, 0.4) is 0 Å². The van der Waals surface area contributed by atoms with Crippen molar-refractivity contribution in [1.29, 1.82) is 0 Å². The molecule has 6 heteroatoms. The maximum absolute atomic E-state index is 13.0. The molecule has 19 heavy (non-hydrogen) atoms. The molecule has 0 spiro atoms. The fourth-order valence-electron chi connectivity index (χ4n) is 1.63. The van der Waals surface area contributed by atoms with Gasteiger partial charge in [-0.1, -0.05) is 6.07 Å². The molecule has 0 aliphatic rings. The Hall–Kier alpha value is -1.59. The van der Waals surface area contributed by atoms with Crippen LogP contribution in [-0.2, 0) is 9.05 Å². The summed E-state index contributed by atoms with van der Waals surface area (Å²) in [6.45, 7) is 1.60. The van der Waals surface area contributed by atoms with Gasteiger partial charge in [-0.2, -0.15) is 0 Å². The third-order valence-electron chi connectivity index (χ3n) is 2.44. The fourth-order valence-corrected chi connectivity index (χ4v) is 2.82. The molecule has 0 fully saturated rings. The first kappa shape index (κ1) is 13.8. The molecule has 0 aromatic heterocycles. The van der Waals surface area contributed by atoms with Crippen LogP contribution in [-0.4, -0.2) is 8.42 Å². The summed E-state index contributed by atoms with van der Waals surface area (Å²) in [5.74, 6) is 0.335. The van der Waals surface area contributed by atoms with Crippen LogP contribution in [0.4, 0.5) is 4.39 Å². The Balaban J connectivity index is 2.31. The SMILES string of the molecule is Cc1cc(Oc2cccc(F)c2)ccc1S(=O)(=O)Cl. The summed E-state index contributed by atoms with van der Waals surface area (Å²) < 4.78 is 40.9. The monoisotopic (exact) mass is 300 g/mol. The Labute approximate surface area is 115 Å². The van der Waals surface area contributed by atoms with Gasteiger partial charge in [0.15, 0.2) is 0 Å². The maximum Gasteiger partial charge on any atom is 0.261 e. The van der Waals surface area contributed by atoms with Crippen LogP contribution in [0.5, 0.6) is 11.5 Å². The van der Waals surface area contributed by atoms with Crippen LogP contribution in [0.2, 0.25) is 0 Å². The summed E-state index contributed by atoms with van der Waals surface area (Å²) in [4.78, 5) is 0.0285. The number of benzene rings is 2. The fraction of sp³-hybridized carbons (Fsp3) is 0.0769. The number of ether oxygens (including phenoxy) is 1. The average molecular weight is 301 g/mol. The zero-order chi connectivity index (χ0) is 14.0. The van der Waals surface area contributed by atoms with Crippen molar-refractivity contribution in [3.63, 3.8) is 0 Å². The normalized spacial score (nSPS) is 11.3. The van der Waals surface area contributed by atoms with Gasteiger partial charge >= 0.3 is 0 Å². The highest BCUT2D eigenvalue weighted by Crippen LogP contribution is 2.27. The second-order valence-electron chi connectivity index (χ2n) is 3.92. The molecule has 0 saturated heterocycles. The molecule has 3 nitrogen and oxygen atoms in total. The van der Waals surface area contributed by atoms with E-state index in [1.165, 1.54) is 36.4 Å². The summed E-state index contributed by atoms with van der Waals surface area (Å²) in [5, 5.41) is 0. The topological polar surface area (TPSA) is 43.4 Å². The van der Waals surface area contributed by atoms with E-state index in [9.17, 15) is 12.8 Å². The zero-order valence-corrected chi connectivity index (χ0v) is 11.5. The number of hydrogen-bond acceptors (Lipinski definition) is 3. The average Bonchev–Trinajstić information content (AvgIpc) is 2.27. The van der Waals surface area contributed by atoms with Gasteiger partial charge in [0.05, 0.1) is 4.90 Å². The van der Waals surface area contributed by atoms with Crippen LogP contribution in [0.15, 0.2) is 47.4 Å². The molecule has 0 unspecified atom stereocenters. The third-order valence-corrected chi connectivity index (χ3v) is 3.92. The minimum absolute atomic E-state index is 0.0285. The van der Waals surface area contributed by atoms with Crippen molar-refractivity contribution in [2.75, 3.05) is 0 Å². The van der Waals surface area contributed by atoms with Crippen LogP contribution < -0.4 is 4.74 Å². The van der Waals surface area contributed by atoms with Gasteiger partial charge < -0.3 is 4.74 Å². The number of halogens is 2. The summed E-state index contributed by atoms with van der Waals surface area (Å²) in [7, 11) is 1.51. The molecule has 0 bridgehead atoms. The molecule has 0 heterocycles. The molecule has 0 N–H and O–H groups in total. The van der Waals surface area contributed by atoms with E-state index >= 15 is 0 Å². The lowest BCUT2D eigenvalue weighted by Crippen LogP contribution is -1.95. The summed E-state index contributed by atoms with van der Waals surface area (Å²) in [6.07, 6.45) is 0. The van der Waals surface area contributed by atoms with Gasteiger partial charge in [0.1, 0.15) is 17.3 Å². The van der Waals surface area contributed by atoms with Crippen molar-refractivity contribution in [2.45, 2.75) is 11.8 Å². The smallest absolute Gasteiger partial charge is 0.261 e. The Bertz CT molecular complexity index is 714. The minimum atomic E-state index is -3.77. The van der Waals surface area contributed by atoms with Crippen LogP contribution in [0.25, 0.3) is 0 Å². The van der Waals surface area contributed by atoms with Gasteiger partial charge in [-0.15, -0.1) is 0 Å². The van der Waals surface area contributed by atoms with Crippen molar-refractivity contribution in [3.05, 3.63) is 53.8 Å². The predicted molar refractivity (Wildman–Crippen MR) is 70.7 cm³/mol. The molecule has 2 rings (SSSR count). The Morgan fingerprint density at radius 1 is 1.11 bits per heavy atom. The zero-order valence-electron chi connectivity index (χ0n) is 9.93. The van der Waals surface area contributed by atoms with E-state index < -0.39 is 14.9 Å². The quantitative estimate of drug-likeness (QED) is 0.809. The van der Waals surface area contributed by atoms with Crippen molar-refractivity contribution in [2.24, 2.45) is 0 Å². The second-order valence-corrected chi connectivity index (χ2v) is 6.46. The van der Waals surface area contributed by atoms with E-state index in [2.05, 4.69) is 0 Å². The van der Waals surface area contributed by atoms with Crippen molar-refractivity contribution in [1.82, 2.24) is 0 Å². The van der Waals surface area contributed by atoms with Crippen molar-refractivity contribution >= 4 is 19.7 Å². The number of aryl methyl sites for hydroxylation is 1. The number of hydrogen-bond donors (Lipinski definition) is 0. The Morgan fingerprint density at radius 3 is 2.37 bits per heavy atom. The molecule has 0 aliphatic heterocycles. The first-order valence-electron chi connectivity index (χ1n) is 5.35. The predicted octanol–water partition coefficient (Wildman–Crippen LogP) is 3.85. The van der Waals surface area contributed by atoms with E-state index in [0.717, 1.165) is 0 Å². The lowest BCUT2D eigenvalue weighted by atomic mass is 10.2. The van der Waals surface area contributed by atoms with Crippen molar-refractivity contribution < 1.29 is 17.5 Å². The highest BCUT2D eigenvalue weighted by molar-refractivity contribution is 8.13. The van der Waals surface area contributed by atoms with E-state index in [0.29, 0.717) is 17.1 Å². The Morgan fingerprint density at radius 2 is 1.79 bits per heavy atom. The van der Waals surface area contributed by atoms with Crippen LogP contribution in [0.1, 0.15) is 5.56 Å². The highest BCUT2D eigenvalue weighted by Gasteiger charge is 2.13. The molecule has 0 radical (unpaired) electrons. The first-order valence-corrected chi connectivity index (χ1v) is 7.66. The molecule has 0 amide bonds. The maximum atomic E-state index is 13.0. The molecule has 2 aromatic carbocycles. The van der Waals surface area contributed by atoms with Gasteiger partial charge in [0, 0.05) is 16.7 Å². The van der Waals surface area contributed by atoms with E-state index in [1.807, 2.05) is 0 Å². The van der Waals surface area contributed by atoms with Gasteiger partial charge in [-0.25, -0.2) is 12.8 Å². The largest absolute Gasteiger partial charge is 0.457 e. The summed E-state index contributed by atoms with van der Waals surface area (Å²) >= 11 is 0. The lowest BCUT2D eigenvalue weighted by Gasteiger charge is -2.08. The first-order chi connectivity index (χ1) is 8.86. The molecular formula is C13H10ClFO3S. The molecule has 0 saturated carbocycles. The molecule has 100 valence electrons. The van der Waals surface area contributed by atoms with E-state index in [1.54, 1.807) is 13.0 Å². The number of rotatable bonds is 3. The lowest BCUT2D eigenvalue weighted by molar-refractivity contribution is 0.476. The van der Waals surface area contributed by atoms with Crippen LogP contribution in [0, 0.1) is 12.7 Å². The van der Waals surface area contributed by atoms with Gasteiger partial charge in [0.2, 0.25) is 0 Å². The standard InChI is InChI=1S/C13H10ClFO3S/c1-9-7-12(5-6-13(9)19(14,16)17)18-11-4-2-3-10(15)8-11/h2-8H,1H3.